The first-order valence-corrected chi connectivity index (χ1v) is 5.42. The van der Waals surface area contributed by atoms with Crippen molar-refractivity contribution in [2.75, 3.05) is 11.4 Å². The van der Waals surface area contributed by atoms with Gasteiger partial charge in [0.25, 0.3) is 0 Å². The Morgan fingerprint density at radius 2 is 2.19 bits per heavy atom. The maximum absolute atomic E-state index is 10.8. The lowest BCUT2D eigenvalue weighted by atomic mass is 10.2. The lowest BCUT2D eigenvalue weighted by molar-refractivity contribution is 0.0690. The van der Waals surface area contributed by atoms with Crippen LogP contribution in [-0.4, -0.2) is 33.6 Å². The molecule has 0 fully saturated rings. The third-order valence-electron chi connectivity index (χ3n) is 2.60. The fourth-order valence-electron chi connectivity index (χ4n) is 1.52. The van der Waals surface area contributed by atoms with E-state index in [1.807, 2.05) is 11.8 Å². The van der Waals surface area contributed by atoms with Crippen molar-refractivity contribution in [3.05, 3.63) is 18.1 Å². The minimum atomic E-state index is -1.05. The summed E-state index contributed by atoms with van der Waals surface area (Å²) in [7, 11) is 0. The summed E-state index contributed by atoms with van der Waals surface area (Å²) in [6.45, 7) is 6.97. The molecule has 0 aliphatic rings. The van der Waals surface area contributed by atoms with E-state index in [1.54, 1.807) is 6.20 Å². The molecule has 16 heavy (non-hydrogen) atoms. The van der Waals surface area contributed by atoms with Gasteiger partial charge in [-0.05, 0) is 20.3 Å². The summed E-state index contributed by atoms with van der Waals surface area (Å²) in [5, 5.41) is 8.84. The van der Waals surface area contributed by atoms with Crippen molar-refractivity contribution >= 4 is 11.8 Å². The van der Waals surface area contributed by atoms with Crippen LogP contribution in [-0.2, 0) is 0 Å². The largest absolute Gasteiger partial charge is 0.476 e. The Hall–Kier alpha value is -1.65. The van der Waals surface area contributed by atoms with Crippen LogP contribution < -0.4 is 4.90 Å². The molecule has 0 radical (unpaired) electrons. The number of carbonyl (C=O) groups is 1. The summed E-state index contributed by atoms with van der Waals surface area (Å²) in [5.74, 6) is -0.425. The monoisotopic (exact) mass is 223 g/mol. The van der Waals surface area contributed by atoms with Crippen LogP contribution in [0.2, 0.25) is 0 Å². The Bertz CT molecular complexity index is 368. The molecule has 0 aliphatic heterocycles. The zero-order valence-corrected chi connectivity index (χ0v) is 9.84. The van der Waals surface area contributed by atoms with Crippen LogP contribution in [0.4, 0.5) is 5.82 Å². The van der Waals surface area contributed by atoms with E-state index in [0.717, 1.165) is 13.0 Å². The van der Waals surface area contributed by atoms with E-state index in [2.05, 4.69) is 23.8 Å². The molecule has 0 spiro atoms. The molecule has 0 bridgehead atoms. The van der Waals surface area contributed by atoms with Gasteiger partial charge in [-0.25, -0.2) is 9.78 Å². The van der Waals surface area contributed by atoms with Crippen LogP contribution >= 0.6 is 0 Å². The maximum Gasteiger partial charge on any atom is 0.356 e. The second-order valence-corrected chi connectivity index (χ2v) is 3.61. The summed E-state index contributed by atoms with van der Waals surface area (Å²) in [6.07, 6.45) is 3.84. The molecule has 0 saturated heterocycles. The lowest BCUT2D eigenvalue weighted by Gasteiger charge is -2.27. The van der Waals surface area contributed by atoms with Gasteiger partial charge >= 0.3 is 5.97 Å². The van der Waals surface area contributed by atoms with Crippen molar-refractivity contribution < 1.29 is 9.90 Å². The highest BCUT2D eigenvalue weighted by Gasteiger charge is 2.14. The van der Waals surface area contributed by atoms with Crippen LogP contribution in [0.5, 0.6) is 0 Å². The summed E-state index contributed by atoms with van der Waals surface area (Å²) in [5.41, 5.74) is -0.0146. The molecule has 0 amide bonds. The van der Waals surface area contributed by atoms with Crippen molar-refractivity contribution in [3.63, 3.8) is 0 Å². The van der Waals surface area contributed by atoms with Gasteiger partial charge < -0.3 is 10.0 Å². The van der Waals surface area contributed by atoms with Gasteiger partial charge in [0, 0.05) is 12.6 Å². The summed E-state index contributed by atoms with van der Waals surface area (Å²) < 4.78 is 0. The van der Waals surface area contributed by atoms with Gasteiger partial charge in [-0.1, -0.05) is 6.92 Å². The highest BCUT2D eigenvalue weighted by Crippen LogP contribution is 2.14. The van der Waals surface area contributed by atoms with Gasteiger partial charge in [-0.3, -0.25) is 4.98 Å². The van der Waals surface area contributed by atoms with Crippen molar-refractivity contribution in [2.24, 2.45) is 0 Å². The van der Waals surface area contributed by atoms with E-state index >= 15 is 0 Å². The molecule has 1 aromatic heterocycles. The van der Waals surface area contributed by atoms with Gasteiger partial charge in [0.05, 0.1) is 12.4 Å². The molecule has 5 heteroatoms. The molecule has 1 rings (SSSR count). The number of aromatic carboxylic acids is 1. The maximum atomic E-state index is 10.8. The number of aromatic nitrogens is 2. The third-order valence-corrected chi connectivity index (χ3v) is 2.60. The quantitative estimate of drug-likeness (QED) is 0.824. The lowest BCUT2D eigenvalue weighted by Crippen LogP contribution is -2.33. The molecule has 1 heterocycles. The molecule has 1 unspecified atom stereocenters. The fraction of sp³-hybridized carbons (Fsp3) is 0.545. The standard InChI is InChI=1S/C11H17N3O2/c1-4-8(3)14(5-2)10-7-12-6-9(13-10)11(15)16/h6-8H,4-5H2,1-3H3,(H,15,16). The SMILES string of the molecule is CCC(C)N(CC)c1cncc(C(=O)O)n1. The molecule has 0 saturated carbocycles. The van der Waals surface area contributed by atoms with Crippen molar-refractivity contribution in [2.45, 2.75) is 33.2 Å². The average Bonchev–Trinajstić information content (AvgIpc) is 2.30. The molecule has 1 atom stereocenters. The first-order chi connectivity index (χ1) is 7.60. The number of rotatable bonds is 5. The number of hydrogen-bond donors (Lipinski definition) is 1. The number of carboxylic acids is 1. The predicted octanol–water partition coefficient (Wildman–Crippen LogP) is 1.80. The third kappa shape index (κ3) is 2.68. The fourth-order valence-corrected chi connectivity index (χ4v) is 1.52. The molecule has 88 valence electrons. The molecule has 0 aromatic carbocycles. The first-order valence-electron chi connectivity index (χ1n) is 5.42. The van der Waals surface area contributed by atoms with Crippen LogP contribution in [0, 0.1) is 0 Å². The number of anilines is 1. The molecule has 1 aromatic rings. The Morgan fingerprint density at radius 1 is 1.50 bits per heavy atom. The molecular weight excluding hydrogens is 206 g/mol. The van der Waals surface area contributed by atoms with Gasteiger partial charge in [0.2, 0.25) is 0 Å². The van der Waals surface area contributed by atoms with Gasteiger partial charge in [-0.2, -0.15) is 0 Å². The van der Waals surface area contributed by atoms with Crippen LogP contribution in [0.1, 0.15) is 37.7 Å². The number of hydrogen-bond acceptors (Lipinski definition) is 4. The summed E-state index contributed by atoms with van der Waals surface area (Å²) in [6, 6.07) is 0.323. The number of carboxylic acid groups (broad SMARTS) is 1. The average molecular weight is 223 g/mol. The molecule has 1 N–H and O–H groups in total. The zero-order chi connectivity index (χ0) is 12.1. The summed E-state index contributed by atoms with van der Waals surface area (Å²) in [4.78, 5) is 20.8. The topological polar surface area (TPSA) is 66.3 Å². The van der Waals surface area contributed by atoms with E-state index < -0.39 is 5.97 Å². The minimum Gasteiger partial charge on any atom is -0.476 e. The van der Waals surface area contributed by atoms with Gasteiger partial charge in [-0.15, -0.1) is 0 Å². The summed E-state index contributed by atoms with van der Waals surface area (Å²) >= 11 is 0. The van der Waals surface area contributed by atoms with Crippen LogP contribution in [0.3, 0.4) is 0 Å². The smallest absolute Gasteiger partial charge is 0.356 e. The Labute approximate surface area is 95.1 Å². The first kappa shape index (κ1) is 12.4. The van der Waals surface area contributed by atoms with E-state index in [-0.39, 0.29) is 5.69 Å². The molecule has 0 aliphatic carbocycles. The van der Waals surface area contributed by atoms with Crippen molar-refractivity contribution in [1.29, 1.82) is 0 Å². The Morgan fingerprint density at radius 3 is 2.69 bits per heavy atom. The van der Waals surface area contributed by atoms with Crippen molar-refractivity contribution in [3.8, 4) is 0 Å². The van der Waals surface area contributed by atoms with Crippen LogP contribution in [0.15, 0.2) is 12.4 Å². The van der Waals surface area contributed by atoms with E-state index in [4.69, 9.17) is 5.11 Å². The minimum absolute atomic E-state index is 0.0146. The second-order valence-electron chi connectivity index (χ2n) is 3.61. The van der Waals surface area contributed by atoms with E-state index in [9.17, 15) is 4.79 Å². The van der Waals surface area contributed by atoms with E-state index in [0.29, 0.717) is 11.9 Å². The van der Waals surface area contributed by atoms with Gasteiger partial charge in [0.1, 0.15) is 5.82 Å². The highest BCUT2D eigenvalue weighted by molar-refractivity contribution is 5.85. The highest BCUT2D eigenvalue weighted by atomic mass is 16.4. The van der Waals surface area contributed by atoms with Gasteiger partial charge in [0.15, 0.2) is 5.69 Å². The Balaban J connectivity index is 3.01. The predicted molar refractivity (Wildman–Crippen MR) is 61.8 cm³/mol. The normalized spacial score (nSPS) is 12.2. The number of nitrogens with zero attached hydrogens (tertiary/aromatic N) is 3. The Kier molecular flexibility index (Phi) is 4.22. The van der Waals surface area contributed by atoms with Crippen molar-refractivity contribution in [1.82, 2.24) is 9.97 Å². The second kappa shape index (κ2) is 5.44. The van der Waals surface area contributed by atoms with E-state index in [1.165, 1.54) is 6.20 Å². The van der Waals surface area contributed by atoms with Crippen LogP contribution in [0.25, 0.3) is 0 Å². The zero-order valence-electron chi connectivity index (χ0n) is 9.84. The molecular formula is C11H17N3O2. The molecule has 5 nitrogen and oxygen atoms in total.